The average molecular weight is 248 g/mol. The summed E-state index contributed by atoms with van der Waals surface area (Å²) in [6.45, 7) is 6.90. The van der Waals surface area contributed by atoms with Gasteiger partial charge in [-0.1, -0.05) is 0 Å². The van der Waals surface area contributed by atoms with Crippen molar-refractivity contribution in [2.75, 3.05) is 38.6 Å². The zero-order valence-corrected chi connectivity index (χ0v) is 11.9. The minimum absolute atomic E-state index is 0.122. The Hall–Kier alpha value is -1.35. The van der Waals surface area contributed by atoms with Crippen LogP contribution in [0.25, 0.3) is 0 Å². The Kier molecular flexibility index (Phi) is 5.86. The van der Waals surface area contributed by atoms with Gasteiger partial charge in [0.2, 0.25) is 0 Å². The van der Waals surface area contributed by atoms with Crippen LogP contribution in [0.5, 0.6) is 0 Å². The zero-order valence-electron chi connectivity index (χ0n) is 11.9. The maximum absolute atomic E-state index is 11.2. The Balaban J connectivity index is 2.61. The van der Waals surface area contributed by atoms with Crippen LogP contribution in [0.3, 0.4) is 0 Å². The first-order valence-electron chi connectivity index (χ1n) is 6.55. The van der Waals surface area contributed by atoms with Gasteiger partial charge < -0.3 is 9.80 Å². The molecule has 3 nitrogen and oxygen atoms in total. The highest BCUT2D eigenvalue weighted by molar-refractivity contribution is 5.94. The third kappa shape index (κ3) is 4.49. The zero-order chi connectivity index (χ0) is 13.5. The smallest absolute Gasteiger partial charge is 0.159 e. The topological polar surface area (TPSA) is 23.6 Å². The van der Waals surface area contributed by atoms with Crippen molar-refractivity contribution in [3.63, 3.8) is 0 Å². The molecule has 0 N–H and O–H groups in total. The van der Waals surface area contributed by atoms with E-state index in [0.717, 1.165) is 31.6 Å². The summed E-state index contributed by atoms with van der Waals surface area (Å²) in [5.74, 6) is 0.122. The molecular formula is C15H24N2O. The number of benzene rings is 1. The molecule has 0 fully saturated rings. The van der Waals surface area contributed by atoms with Gasteiger partial charge in [-0.15, -0.1) is 0 Å². The fourth-order valence-electron chi connectivity index (χ4n) is 1.95. The Bertz CT molecular complexity index is 371. The third-order valence-corrected chi connectivity index (χ3v) is 3.05. The molecular weight excluding hydrogens is 224 g/mol. The first-order valence-corrected chi connectivity index (χ1v) is 6.55. The Morgan fingerprint density at radius 3 is 2.17 bits per heavy atom. The molecule has 0 saturated heterocycles. The van der Waals surface area contributed by atoms with Crippen molar-refractivity contribution in [1.82, 2.24) is 4.90 Å². The number of Topliss-reactive ketones (excluding diaryl/α,β-unsaturated/α-hetero) is 1. The molecule has 1 aromatic rings. The summed E-state index contributed by atoms with van der Waals surface area (Å²) < 4.78 is 0. The fourth-order valence-corrected chi connectivity index (χ4v) is 1.95. The molecule has 0 atom stereocenters. The molecule has 18 heavy (non-hydrogen) atoms. The first kappa shape index (κ1) is 14.7. The summed E-state index contributed by atoms with van der Waals surface area (Å²) in [5.41, 5.74) is 1.98. The van der Waals surface area contributed by atoms with E-state index in [9.17, 15) is 4.79 Å². The monoisotopic (exact) mass is 248 g/mol. The highest BCUT2D eigenvalue weighted by Crippen LogP contribution is 2.15. The fraction of sp³-hybridized carbons (Fsp3) is 0.533. The number of hydrogen-bond donors (Lipinski definition) is 0. The van der Waals surface area contributed by atoms with Gasteiger partial charge in [-0.2, -0.15) is 0 Å². The largest absolute Gasteiger partial charge is 0.372 e. The Morgan fingerprint density at radius 1 is 1.11 bits per heavy atom. The molecule has 0 amide bonds. The van der Waals surface area contributed by atoms with Crippen molar-refractivity contribution in [3.05, 3.63) is 29.8 Å². The molecule has 0 unspecified atom stereocenters. The maximum atomic E-state index is 11.2. The van der Waals surface area contributed by atoms with Crippen LogP contribution in [0.1, 0.15) is 30.6 Å². The summed E-state index contributed by atoms with van der Waals surface area (Å²) in [7, 11) is 4.19. The summed E-state index contributed by atoms with van der Waals surface area (Å²) in [6.07, 6.45) is 1.15. The molecule has 1 aromatic carbocycles. The number of anilines is 1. The van der Waals surface area contributed by atoms with Crippen LogP contribution in [0.15, 0.2) is 24.3 Å². The molecule has 0 aliphatic carbocycles. The molecule has 0 aliphatic rings. The molecule has 3 heteroatoms. The van der Waals surface area contributed by atoms with Crippen LogP contribution >= 0.6 is 0 Å². The van der Waals surface area contributed by atoms with E-state index in [1.54, 1.807) is 6.92 Å². The second-order valence-electron chi connectivity index (χ2n) is 4.84. The van der Waals surface area contributed by atoms with E-state index in [-0.39, 0.29) is 5.78 Å². The predicted octanol–water partition coefficient (Wildman–Crippen LogP) is 2.67. The number of rotatable bonds is 7. The summed E-state index contributed by atoms with van der Waals surface area (Å²) >= 11 is 0. The van der Waals surface area contributed by atoms with E-state index in [1.807, 2.05) is 24.3 Å². The van der Waals surface area contributed by atoms with Crippen LogP contribution in [-0.2, 0) is 0 Å². The van der Waals surface area contributed by atoms with Gasteiger partial charge in [-0.05, 0) is 65.2 Å². The van der Waals surface area contributed by atoms with Crippen LogP contribution in [0, 0.1) is 0 Å². The molecule has 100 valence electrons. The molecule has 1 rings (SSSR count). The number of hydrogen-bond acceptors (Lipinski definition) is 3. The van der Waals surface area contributed by atoms with Crippen LogP contribution in [0.2, 0.25) is 0 Å². The standard InChI is InChI=1S/C15H24N2O/c1-5-17(12-6-11-16(3)4)15-9-7-14(8-10-15)13(2)18/h7-10H,5-6,11-12H2,1-4H3. The van der Waals surface area contributed by atoms with E-state index in [0.29, 0.717) is 0 Å². The third-order valence-electron chi connectivity index (χ3n) is 3.05. The van der Waals surface area contributed by atoms with Gasteiger partial charge in [0.1, 0.15) is 0 Å². The summed E-state index contributed by atoms with van der Waals surface area (Å²) in [4.78, 5) is 15.8. The van der Waals surface area contributed by atoms with Gasteiger partial charge in [-0.3, -0.25) is 4.79 Å². The second kappa shape index (κ2) is 7.17. The predicted molar refractivity (Wildman–Crippen MR) is 77.5 cm³/mol. The number of carbonyl (C=O) groups excluding carboxylic acids is 1. The number of nitrogens with zero attached hydrogens (tertiary/aromatic N) is 2. The highest BCUT2D eigenvalue weighted by atomic mass is 16.1. The van der Waals surface area contributed by atoms with E-state index < -0.39 is 0 Å². The Morgan fingerprint density at radius 2 is 1.72 bits per heavy atom. The molecule has 0 bridgehead atoms. The number of ketones is 1. The maximum Gasteiger partial charge on any atom is 0.159 e. The van der Waals surface area contributed by atoms with Crippen molar-refractivity contribution in [3.8, 4) is 0 Å². The van der Waals surface area contributed by atoms with Gasteiger partial charge in [0.25, 0.3) is 0 Å². The van der Waals surface area contributed by atoms with Gasteiger partial charge in [-0.25, -0.2) is 0 Å². The lowest BCUT2D eigenvalue weighted by Crippen LogP contribution is -2.26. The minimum atomic E-state index is 0.122. The second-order valence-corrected chi connectivity index (χ2v) is 4.84. The quantitative estimate of drug-likeness (QED) is 0.693. The van der Waals surface area contributed by atoms with Crippen LogP contribution in [0.4, 0.5) is 5.69 Å². The van der Waals surface area contributed by atoms with Crippen LogP contribution < -0.4 is 4.90 Å². The van der Waals surface area contributed by atoms with E-state index in [2.05, 4.69) is 30.8 Å². The molecule has 0 heterocycles. The molecule has 0 aromatic heterocycles. The minimum Gasteiger partial charge on any atom is -0.372 e. The van der Waals surface area contributed by atoms with Crippen molar-refractivity contribution < 1.29 is 4.79 Å². The van der Waals surface area contributed by atoms with Crippen molar-refractivity contribution in [2.24, 2.45) is 0 Å². The van der Waals surface area contributed by atoms with Gasteiger partial charge in [0.15, 0.2) is 5.78 Å². The summed E-state index contributed by atoms with van der Waals surface area (Å²) in [6, 6.07) is 7.89. The normalized spacial score (nSPS) is 10.7. The number of carbonyl (C=O) groups is 1. The van der Waals surface area contributed by atoms with Gasteiger partial charge in [0, 0.05) is 24.3 Å². The van der Waals surface area contributed by atoms with Crippen LogP contribution in [-0.4, -0.2) is 44.4 Å². The summed E-state index contributed by atoms with van der Waals surface area (Å²) in [5, 5.41) is 0. The molecule has 0 radical (unpaired) electrons. The molecule has 0 saturated carbocycles. The first-order chi connectivity index (χ1) is 8.54. The lowest BCUT2D eigenvalue weighted by atomic mass is 10.1. The Labute approximate surface area is 110 Å². The molecule has 0 spiro atoms. The van der Waals surface area contributed by atoms with Gasteiger partial charge >= 0.3 is 0 Å². The highest BCUT2D eigenvalue weighted by Gasteiger charge is 2.05. The average Bonchev–Trinajstić information content (AvgIpc) is 2.34. The lowest BCUT2D eigenvalue weighted by molar-refractivity contribution is 0.101. The van der Waals surface area contributed by atoms with Crippen molar-refractivity contribution in [2.45, 2.75) is 20.3 Å². The van der Waals surface area contributed by atoms with E-state index >= 15 is 0 Å². The van der Waals surface area contributed by atoms with Crippen molar-refractivity contribution in [1.29, 1.82) is 0 Å². The van der Waals surface area contributed by atoms with E-state index in [4.69, 9.17) is 0 Å². The lowest BCUT2D eigenvalue weighted by Gasteiger charge is -2.24. The SMILES string of the molecule is CCN(CCCN(C)C)c1ccc(C(C)=O)cc1. The molecule has 0 aliphatic heterocycles. The van der Waals surface area contributed by atoms with Crippen molar-refractivity contribution >= 4 is 11.5 Å². The van der Waals surface area contributed by atoms with Gasteiger partial charge in [0.05, 0.1) is 0 Å². The van der Waals surface area contributed by atoms with E-state index in [1.165, 1.54) is 5.69 Å².